The van der Waals surface area contributed by atoms with Crippen molar-refractivity contribution in [1.29, 1.82) is 0 Å². The number of esters is 1. The van der Waals surface area contributed by atoms with Crippen molar-refractivity contribution in [3.63, 3.8) is 0 Å². The molecule has 0 radical (unpaired) electrons. The Morgan fingerprint density at radius 2 is 1.56 bits per heavy atom. The molecule has 27 heavy (non-hydrogen) atoms. The highest BCUT2D eigenvalue weighted by atomic mass is 35.5. The first-order chi connectivity index (χ1) is 12.9. The minimum Gasteiger partial charge on any atom is -0.496 e. The number of hydrogen-bond donors (Lipinski definition) is 1. The number of nitrogens with one attached hydrogen (secondary N) is 1. The first-order valence-corrected chi connectivity index (χ1v) is 8.35. The summed E-state index contributed by atoms with van der Waals surface area (Å²) in [7, 11) is 4.32. The fraction of sp³-hybridized carbons (Fsp3) is 0.263. The van der Waals surface area contributed by atoms with E-state index in [0.717, 1.165) is 0 Å². The molecule has 144 valence electrons. The second-order valence-electron chi connectivity index (χ2n) is 5.42. The van der Waals surface area contributed by atoms with Gasteiger partial charge in [-0.05, 0) is 37.3 Å². The van der Waals surface area contributed by atoms with E-state index in [1.54, 1.807) is 30.3 Å². The summed E-state index contributed by atoms with van der Waals surface area (Å²) in [6.07, 6.45) is -1.09. The first kappa shape index (κ1) is 20.4. The highest BCUT2D eigenvalue weighted by molar-refractivity contribution is 6.31. The number of benzene rings is 2. The largest absolute Gasteiger partial charge is 0.496 e. The van der Waals surface area contributed by atoms with E-state index >= 15 is 0 Å². The summed E-state index contributed by atoms with van der Waals surface area (Å²) < 4.78 is 20.8. The van der Waals surface area contributed by atoms with Gasteiger partial charge in [-0.1, -0.05) is 17.7 Å². The summed E-state index contributed by atoms with van der Waals surface area (Å²) >= 11 is 5.95. The van der Waals surface area contributed by atoms with Crippen LogP contribution in [0.1, 0.15) is 17.3 Å². The molecule has 0 aromatic heterocycles. The molecular weight excluding hydrogens is 374 g/mol. The maximum Gasteiger partial charge on any atom is 0.346 e. The molecule has 7 nitrogen and oxygen atoms in total. The molecule has 1 unspecified atom stereocenters. The van der Waals surface area contributed by atoms with Crippen molar-refractivity contribution in [2.75, 3.05) is 26.6 Å². The molecule has 0 saturated carbocycles. The van der Waals surface area contributed by atoms with Gasteiger partial charge in [0.1, 0.15) is 22.8 Å². The van der Waals surface area contributed by atoms with Crippen molar-refractivity contribution in [3.8, 4) is 17.2 Å². The van der Waals surface area contributed by atoms with E-state index in [4.69, 9.17) is 30.5 Å². The summed E-state index contributed by atoms with van der Waals surface area (Å²) in [6, 6.07) is 9.66. The van der Waals surface area contributed by atoms with Gasteiger partial charge in [-0.25, -0.2) is 4.79 Å². The minimum atomic E-state index is -1.09. The van der Waals surface area contributed by atoms with Crippen molar-refractivity contribution >= 4 is 29.2 Å². The van der Waals surface area contributed by atoms with Gasteiger partial charge in [0.25, 0.3) is 5.91 Å². The van der Waals surface area contributed by atoms with Gasteiger partial charge in [-0.15, -0.1) is 0 Å². The molecule has 0 saturated heterocycles. The van der Waals surface area contributed by atoms with Gasteiger partial charge in [-0.2, -0.15) is 0 Å². The topological polar surface area (TPSA) is 83.1 Å². The number of methoxy groups -OCH3 is 3. The number of carbonyl (C=O) groups is 2. The standard InChI is InChI=1S/C19H20ClNO6/c1-11(18(22)21-13-10-12(20)8-9-14(13)24-2)27-19(23)17-15(25-3)6-5-7-16(17)26-4/h5-11H,1-4H3,(H,21,22). The van der Waals surface area contributed by atoms with Gasteiger partial charge in [-0.3, -0.25) is 4.79 Å². The Kier molecular flexibility index (Phi) is 6.90. The molecule has 0 bridgehead atoms. The second-order valence-corrected chi connectivity index (χ2v) is 5.86. The van der Waals surface area contributed by atoms with Crippen LogP contribution in [0.3, 0.4) is 0 Å². The van der Waals surface area contributed by atoms with Crippen LogP contribution in [0.5, 0.6) is 17.2 Å². The summed E-state index contributed by atoms with van der Waals surface area (Å²) in [4.78, 5) is 25.0. The lowest BCUT2D eigenvalue weighted by Gasteiger charge is -2.17. The molecule has 0 fully saturated rings. The quantitative estimate of drug-likeness (QED) is 0.724. The highest BCUT2D eigenvalue weighted by Gasteiger charge is 2.25. The van der Waals surface area contributed by atoms with Gasteiger partial charge < -0.3 is 24.3 Å². The molecule has 0 heterocycles. The van der Waals surface area contributed by atoms with Gasteiger partial charge in [0, 0.05) is 5.02 Å². The lowest BCUT2D eigenvalue weighted by Crippen LogP contribution is -2.30. The molecule has 1 N–H and O–H groups in total. The van der Waals surface area contributed by atoms with Crippen LogP contribution in [-0.2, 0) is 9.53 Å². The Hall–Kier alpha value is -2.93. The van der Waals surface area contributed by atoms with E-state index in [9.17, 15) is 9.59 Å². The number of anilines is 1. The van der Waals surface area contributed by atoms with Crippen LogP contribution in [0.4, 0.5) is 5.69 Å². The number of amides is 1. The van der Waals surface area contributed by atoms with Crippen LogP contribution >= 0.6 is 11.6 Å². The first-order valence-electron chi connectivity index (χ1n) is 7.97. The number of hydrogen-bond acceptors (Lipinski definition) is 6. The van der Waals surface area contributed by atoms with Crippen molar-refractivity contribution in [1.82, 2.24) is 0 Å². The summed E-state index contributed by atoms with van der Waals surface area (Å²) in [6.45, 7) is 1.45. The predicted molar refractivity (Wildman–Crippen MR) is 101 cm³/mol. The molecule has 0 aliphatic carbocycles. The molecule has 8 heteroatoms. The zero-order chi connectivity index (χ0) is 20.0. The van der Waals surface area contributed by atoms with Gasteiger partial charge in [0.2, 0.25) is 0 Å². The SMILES string of the molecule is COc1ccc(Cl)cc1NC(=O)C(C)OC(=O)c1c(OC)cccc1OC. The Morgan fingerprint density at radius 1 is 0.963 bits per heavy atom. The van der Waals surface area contributed by atoms with Crippen LogP contribution in [0.25, 0.3) is 0 Å². The average molecular weight is 394 g/mol. The van der Waals surface area contributed by atoms with E-state index < -0.39 is 18.0 Å². The Balaban J connectivity index is 2.16. The van der Waals surface area contributed by atoms with Crippen molar-refractivity contribution in [2.24, 2.45) is 0 Å². The number of halogens is 1. The maximum absolute atomic E-state index is 12.5. The molecule has 2 rings (SSSR count). The molecule has 1 atom stereocenters. The summed E-state index contributed by atoms with van der Waals surface area (Å²) in [5.41, 5.74) is 0.468. The van der Waals surface area contributed by atoms with Crippen LogP contribution in [0.15, 0.2) is 36.4 Å². The Bertz CT molecular complexity index is 817. The number of carbonyl (C=O) groups excluding carboxylic acids is 2. The van der Waals surface area contributed by atoms with Gasteiger partial charge in [0.15, 0.2) is 6.10 Å². The molecule has 0 aliphatic rings. The van der Waals surface area contributed by atoms with Crippen molar-refractivity contribution in [2.45, 2.75) is 13.0 Å². The van der Waals surface area contributed by atoms with E-state index in [0.29, 0.717) is 16.5 Å². The molecule has 2 aromatic rings. The second kappa shape index (κ2) is 9.14. The summed E-state index contributed by atoms with van der Waals surface area (Å²) in [5.74, 6) is -0.299. The third-order valence-corrected chi connectivity index (χ3v) is 3.94. The normalized spacial score (nSPS) is 11.3. The predicted octanol–water partition coefficient (Wildman–Crippen LogP) is 3.55. The Morgan fingerprint density at radius 3 is 2.11 bits per heavy atom. The van der Waals surface area contributed by atoms with Crippen LogP contribution < -0.4 is 19.5 Å². The zero-order valence-corrected chi connectivity index (χ0v) is 16.1. The fourth-order valence-electron chi connectivity index (χ4n) is 2.34. The van der Waals surface area contributed by atoms with E-state index in [1.807, 2.05) is 0 Å². The lowest BCUT2D eigenvalue weighted by atomic mass is 10.1. The zero-order valence-electron chi connectivity index (χ0n) is 15.4. The van der Waals surface area contributed by atoms with Gasteiger partial charge >= 0.3 is 5.97 Å². The van der Waals surface area contributed by atoms with Crippen LogP contribution in [0.2, 0.25) is 5.02 Å². The molecular formula is C19H20ClNO6. The average Bonchev–Trinajstić information content (AvgIpc) is 2.67. The fourth-order valence-corrected chi connectivity index (χ4v) is 2.51. The minimum absolute atomic E-state index is 0.0995. The molecule has 0 spiro atoms. The molecule has 1 amide bonds. The molecule has 2 aromatic carbocycles. The maximum atomic E-state index is 12.5. The molecule has 0 aliphatic heterocycles. The highest BCUT2D eigenvalue weighted by Crippen LogP contribution is 2.30. The van der Waals surface area contributed by atoms with Gasteiger partial charge in [0.05, 0.1) is 27.0 Å². The van der Waals surface area contributed by atoms with Crippen molar-refractivity contribution in [3.05, 3.63) is 47.0 Å². The lowest BCUT2D eigenvalue weighted by molar-refractivity contribution is -0.123. The van der Waals surface area contributed by atoms with E-state index in [2.05, 4.69) is 5.32 Å². The Labute approximate surface area is 162 Å². The van der Waals surface area contributed by atoms with Crippen LogP contribution in [0, 0.1) is 0 Å². The third-order valence-electron chi connectivity index (χ3n) is 3.70. The number of ether oxygens (including phenoxy) is 4. The van der Waals surface area contributed by atoms with Crippen molar-refractivity contribution < 1.29 is 28.5 Å². The number of rotatable bonds is 7. The van der Waals surface area contributed by atoms with E-state index in [-0.39, 0.29) is 17.1 Å². The monoisotopic (exact) mass is 393 g/mol. The van der Waals surface area contributed by atoms with E-state index in [1.165, 1.54) is 34.3 Å². The van der Waals surface area contributed by atoms with Crippen LogP contribution in [-0.4, -0.2) is 39.3 Å². The smallest absolute Gasteiger partial charge is 0.346 e. The third kappa shape index (κ3) is 4.83. The summed E-state index contributed by atoms with van der Waals surface area (Å²) in [5, 5.41) is 3.05.